The molecule has 1 atom stereocenters. The van der Waals surface area contributed by atoms with Crippen molar-refractivity contribution in [2.24, 2.45) is 5.92 Å². The first-order chi connectivity index (χ1) is 7.38. The molecule has 0 amide bonds. The van der Waals surface area contributed by atoms with E-state index in [0.29, 0.717) is 0 Å². The SMILES string of the molecule is COc1ccc2c(c1)NCCC2C1CC1. The Labute approximate surface area is 90.6 Å². The van der Waals surface area contributed by atoms with Gasteiger partial charge in [-0.25, -0.2) is 0 Å². The molecule has 1 aromatic rings. The van der Waals surface area contributed by atoms with E-state index in [2.05, 4.69) is 23.5 Å². The van der Waals surface area contributed by atoms with Crippen LogP contribution in [0.4, 0.5) is 5.69 Å². The van der Waals surface area contributed by atoms with Crippen molar-refractivity contribution in [1.82, 2.24) is 0 Å². The van der Waals surface area contributed by atoms with Gasteiger partial charge in [-0.2, -0.15) is 0 Å². The minimum atomic E-state index is 0.798. The second kappa shape index (κ2) is 3.44. The van der Waals surface area contributed by atoms with Gasteiger partial charge in [0.15, 0.2) is 0 Å². The number of hydrogen-bond donors (Lipinski definition) is 1. The number of fused-ring (bicyclic) bond motifs is 1. The molecule has 0 saturated heterocycles. The number of ether oxygens (including phenoxy) is 1. The largest absolute Gasteiger partial charge is 0.497 e. The van der Waals surface area contributed by atoms with Crippen LogP contribution in [0, 0.1) is 5.92 Å². The van der Waals surface area contributed by atoms with Crippen LogP contribution in [0.25, 0.3) is 0 Å². The first-order valence-corrected chi connectivity index (χ1v) is 5.80. The summed E-state index contributed by atoms with van der Waals surface area (Å²) in [5.41, 5.74) is 2.79. The molecule has 0 bridgehead atoms. The molecule has 0 aromatic heterocycles. The van der Waals surface area contributed by atoms with Gasteiger partial charge < -0.3 is 10.1 Å². The lowest BCUT2D eigenvalue weighted by molar-refractivity contribution is 0.414. The molecule has 0 radical (unpaired) electrons. The number of benzene rings is 1. The van der Waals surface area contributed by atoms with Crippen LogP contribution in [0.1, 0.15) is 30.7 Å². The molecule has 1 saturated carbocycles. The fourth-order valence-electron chi connectivity index (χ4n) is 2.64. The quantitative estimate of drug-likeness (QED) is 0.797. The summed E-state index contributed by atoms with van der Waals surface area (Å²) in [7, 11) is 1.73. The molecule has 1 fully saturated rings. The molecule has 1 unspecified atom stereocenters. The second-order valence-electron chi connectivity index (χ2n) is 4.61. The van der Waals surface area contributed by atoms with Gasteiger partial charge >= 0.3 is 0 Å². The Bertz CT molecular complexity index is 371. The molecule has 0 spiro atoms. The van der Waals surface area contributed by atoms with Crippen LogP contribution in [0.3, 0.4) is 0 Å². The van der Waals surface area contributed by atoms with Gasteiger partial charge in [0.25, 0.3) is 0 Å². The minimum Gasteiger partial charge on any atom is -0.497 e. The Morgan fingerprint density at radius 3 is 2.87 bits per heavy atom. The van der Waals surface area contributed by atoms with Gasteiger partial charge in [0.05, 0.1) is 7.11 Å². The summed E-state index contributed by atoms with van der Waals surface area (Å²) in [4.78, 5) is 0. The predicted molar refractivity (Wildman–Crippen MR) is 61.6 cm³/mol. The Hall–Kier alpha value is -1.18. The highest BCUT2D eigenvalue weighted by Crippen LogP contribution is 2.48. The third kappa shape index (κ3) is 1.58. The molecule has 2 heteroatoms. The van der Waals surface area contributed by atoms with Gasteiger partial charge in [-0.05, 0) is 42.7 Å². The number of rotatable bonds is 2. The highest BCUT2D eigenvalue weighted by Gasteiger charge is 2.34. The first kappa shape index (κ1) is 9.08. The van der Waals surface area contributed by atoms with E-state index in [0.717, 1.165) is 24.1 Å². The molecule has 1 N–H and O–H groups in total. The van der Waals surface area contributed by atoms with Crippen molar-refractivity contribution in [2.45, 2.75) is 25.2 Å². The zero-order valence-corrected chi connectivity index (χ0v) is 9.12. The van der Waals surface area contributed by atoms with Crippen molar-refractivity contribution < 1.29 is 4.74 Å². The second-order valence-corrected chi connectivity index (χ2v) is 4.61. The van der Waals surface area contributed by atoms with Gasteiger partial charge in [0.1, 0.15) is 5.75 Å². The zero-order valence-electron chi connectivity index (χ0n) is 9.12. The molecule has 1 aliphatic carbocycles. The predicted octanol–water partition coefficient (Wildman–Crippen LogP) is 3.00. The Kier molecular flexibility index (Phi) is 2.08. The third-order valence-electron chi connectivity index (χ3n) is 3.62. The van der Waals surface area contributed by atoms with Gasteiger partial charge in [-0.1, -0.05) is 6.07 Å². The van der Waals surface area contributed by atoms with Crippen LogP contribution < -0.4 is 10.1 Å². The van der Waals surface area contributed by atoms with E-state index in [-0.39, 0.29) is 0 Å². The van der Waals surface area contributed by atoms with Crippen molar-refractivity contribution in [2.75, 3.05) is 19.0 Å². The molecule has 1 aliphatic heterocycles. The van der Waals surface area contributed by atoms with Crippen LogP contribution in [0.15, 0.2) is 18.2 Å². The van der Waals surface area contributed by atoms with Gasteiger partial charge in [0, 0.05) is 18.3 Å². The molecular weight excluding hydrogens is 186 g/mol. The third-order valence-corrected chi connectivity index (χ3v) is 3.62. The van der Waals surface area contributed by atoms with Crippen molar-refractivity contribution in [1.29, 1.82) is 0 Å². The lowest BCUT2D eigenvalue weighted by atomic mass is 9.87. The number of hydrogen-bond acceptors (Lipinski definition) is 2. The van der Waals surface area contributed by atoms with Crippen LogP contribution in [-0.4, -0.2) is 13.7 Å². The van der Waals surface area contributed by atoms with E-state index in [1.165, 1.54) is 30.5 Å². The summed E-state index contributed by atoms with van der Waals surface area (Å²) >= 11 is 0. The topological polar surface area (TPSA) is 21.3 Å². The maximum absolute atomic E-state index is 5.25. The van der Waals surface area contributed by atoms with Crippen LogP contribution in [-0.2, 0) is 0 Å². The Morgan fingerprint density at radius 1 is 1.27 bits per heavy atom. The first-order valence-electron chi connectivity index (χ1n) is 5.80. The fraction of sp³-hybridized carbons (Fsp3) is 0.538. The summed E-state index contributed by atoms with van der Waals surface area (Å²) in [6.07, 6.45) is 4.15. The van der Waals surface area contributed by atoms with Crippen LogP contribution in [0.5, 0.6) is 5.75 Å². The van der Waals surface area contributed by atoms with Gasteiger partial charge in [0.2, 0.25) is 0 Å². The molecule has 15 heavy (non-hydrogen) atoms. The van der Waals surface area contributed by atoms with Crippen molar-refractivity contribution in [3.05, 3.63) is 23.8 Å². The van der Waals surface area contributed by atoms with Crippen molar-refractivity contribution in [3.8, 4) is 5.75 Å². The number of nitrogens with one attached hydrogen (secondary N) is 1. The van der Waals surface area contributed by atoms with Gasteiger partial charge in [-0.3, -0.25) is 0 Å². The lowest BCUT2D eigenvalue weighted by Crippen LogP contribution is -2.17. The molecule has 80 valence electrons. The van der Waals surface area contributed by atoms with Crippen molar-refractivity contribution >= 4 is 5.69 Å². The Balaban J connectivity index is 1.96. The summed E-state index contributed by atoms with van der Waals surface area (Å²) in [6, 6.07) is 6.45. The summed E-state index contributed by atoms with van der Waals surface area (Å²) in [5.74, 6) is 2.71. The molecule has 2 nitrogen and oxygen atoms in total. The smallest absolute Gasteiger partial charge is 0.120 e. The van der Waals surface area contributed by atoms with Crippen molar-refractivity contribution in [3.63, 3.8) is 0 Å². The van der Waals surface area contributed by atoms with Crippen LogP contribution in [0.2, 0.25) is 0 Å². The minimum absolute atomic E-state index is 0.798. The maximum atomic E-state index is 5.25. The van der Waals surface area contributed by atoms with E-state index >= 15 is 0 Å². The maximum Gasteiger partial charge on any atom is 0.120 e. The number of methoxy groups -OCH3 is 1. The van der Waals surface area contributed by atoms with Crippen LogP contribution >= 0.6 is 0 Å². The zero-order chi connectivity index (χ0) is 10.3. The summed E-state index contributed by atoms with van der Waals surface area (Å²) < 4.78 is 5.25. The van der Waals surface area contributed by atoms with E-state index in [1.807, 2.05) is 0 Å². The summed E-state index contributed by atoms with van der Waals surface area (Å²) in [6.45, 7) is 1.11. The van der Waals surface area contributed by atoms with E-state index in [1.54, 1.807) is 7.11 Å². The number of anilines is 1. The highest BCUT2D eigenvalue weighted by atomic mass is 16.5. The standard InChI is InChI=1S/C13H17NO/c1-15-10-4-5-12-11(9-2-3-9)6-7-14-13(12)8-10/h4-5,8-9,11,14H,2-3,6-7H2,1H3. The summed E-state index contributed by atoms with van der Waals surface area (Å²) in [5, 5.41) is 3.47. The average Bonchev–Trinajstić information content (AvgIpc) is 3.11. The van der Waals surface area contributed by atoms with E-state index < -0.39 is 0 Å². The Morgan fingerprint density at radius 2 is 2.13 bits per heavy atom. The van der Waals surface area contributed by atoms with E-state index in [9.17, 15) is 0 Å². The molecule has 1 aromatic carbocycles. The fourth-order valence-corrected chi connectivity index (χ4v) is 2.64. The molecule has 1 heterocycles. The lowest BCUT2D eigenvalue weighted by Gasteiger charge is -2.27. The normalized spacial score (nSPS) is 24.2. The van der Waals surface area contributed by atoms with E-state index in [4.69, 9.17) is 4.74 Å². The highest BCUT2D eigenvalue weighted by molar-refractivity contribution is 5.58. The monoisotopic (exact) mass is 203 g/mol. The molecule has 3 rings (SSSR count). The molecular formula is C13H17NO. The van der Waals surface area contributed by atoms with Gasteiger partial charge in [-0.15, -0.1) is 0 Å². The molecule has 2 aliphatic rings. The average molecular weight is 203 g/mol.